The summed E-state index contributed by atoms with van der Waals surface area (Å²) < 4.78 is 1.58. The number of hydrogen-bond acceptors (Lipinski definition) is 4. The molecule has 4 rings (SSSR count). The van der Waals surface area contributed by atoms with E-state index in [1.54, 1.807) is 23.3 Å². The molecule has 0 aliphatic heterocycles. The van der Waals surface area contributed by atoms with Gasteiger partial charge in [0.2, 0.25) is 5.91 Å². The average Bonchev–Trinajstić information content (AvgIpc) is 3.41. The Hall–Kier alpha value is -3.02. The Bertz CT molecular complexity index is 855. The molecule has 27 heavy (non-hydrogen) atoms. The third-order valence-corrected chi connectivity index (χ3v) is 5.16. The van der Waals surface area contributed by atoms with Crippen LogP contribution >= 0.6 is 0 Å². The predicted molar refractivity (Wildman–Crippen MR) is 104 cm³/mol. The highest BCUT2D eigenvalue weighted by atomic mass is 16.2. The van der Waals surface area contributed by atoms with E-state index in [4.69, 9.17) is 0 Å². The largest absolute Gasteiger partial charge is 0.311 e. The Morgan fingerprint density at radius 1 is 1.07 bits per heavy atom. The van der Waals surface area contributed by atoms with Crippen LogP contribution in [-0.2, 0) is 11.3 Å². The molecule has 0 spiro atoms. The van der Waals surface area contributed by atoms with Gasteiger partial charge in [-0.15, -0.1) is 5.10 Å². The summed E-state index contributed by atoms with van der Waals surface area (Å²) in [6.45, 7) is 0.969. The van der Waals surface area contributed by atoms with Gasteiger partial charge >= 0.3 is 0 Å². The first-order valence-corrected chi connectivity index (χ1v) is 9.44. The molecule has 6 heteroatoms. The molecule has 0 N–H and O–H groups in total. The first kappa shape index (κ1) is 17.4. The summed E-state index contributed by atoms with van der Waals surface area (Å²) in [6.07, 6.45) is 11.8. The van der Waals surface area contributed by atoms with Gasteiger partial charge in [-0.2, -0.15) is 0 Å². The van der Waals surface area contributed by atoms with Gasteiger partial charge in [-0.05, 0) is 48.1 Å². The van der Waals surface area contributed by atoms with Crippen LogP contribution in [0.15, 0.2) is 61.2 Å². The van der Waals surface area contributed by atoms with E-state index >= 15 is 0 Å². The minimum absolute atomic E-state index is 0.0431. The zero-order valence-electron chi connectivity index (χ0n) is 15.2. The molecular weight excluding hydrogens is 338 g/mol. The molecule has 2 heterocycles. The van der Waals surface area contributed by atoms with Crippen molar-refractivity contribution in [2.24, 2.45) is 5.92 Å². The van der Waals surface area contributed by atoms with E-state index in [0.717, 1.165) is 23.4 Å². The van der Waals surface area contributed by atoms with Crippen LogP contribution < -0.4 is 4.90 Å². The molecule has 1 fully saturated rings. The van der Waals surface area contributed by atoms with Crippen LogP contribution in [0.3, 0.4) is 0 Å². The van der Waals surface area contributed by atoms with E-state index in [-0.39, 0.29) is 12.5 Å². The molecule has 1 saturated carbocycles. The highest BCUT2D eigenvalue weighted by Gasteiger charge is 2.23. The van der Waals surface area contributed by atoms with E-state index in [1.165, 1.54) is 25.7 Å². The lowest BCUT2D eigenvalue weighted by Gasteiger charge is -2.26. The number of carbonyl (C=O) groups excluding carboxylic acids is 1. The summed E-state index contributed by atoms with van der Waals surface area (Å²) in [6, 6.07) is 12.1. The highest BCUT2D eigenvalue weighted by Crippen LogP contribution is 2.29. The summed E-state index contributed by atoms with van der Waals surface area (Å²) in [4.78, 5) is 19.1. The number of nitrogens with zero attached hydrogens (tertiary/aromatic N) is 5. The minimum Gasteiger partial charge on any atom is -0.311 e. The number of anilines is 1. The van der Waals surface area contributed by atoms with E-state index in [9.17, 15) is 4.79 Å². The van der Waals surface area contributed by atoms with Crippen molar-refractivity contribution in [2.75, 3.05) is 11.4 Å². The zero-order valence-corrected chi connectivity index (χ0v) is 15.2. The average molecular weight is 361 g/mol. The molecule has 3 aromatic rings. The van der Waals surface area contributed by atoms with Gasteiger partial charge in [0.25, 0.3) is 0 Å². The molecule has 0 unspecified atom stereocenters. The Balaban J connectivity index is 1.56. The summed E-state index contributed by atoms with van der Waals surface area (Å²) in [5, 5.41) is 7.72. The fraction of sp³-hybridized carbons (Fsp3) is 0.333. The van der Waals surface area contributed by atoms with Gasteiger partial charge in [0, 0.05) is 30.8 Å². The molecular formula is C21H23N5O. The van der Waals surface area contributed by atoms with Crippen molar-refractivity contribution in [1.29, 1.82) is 0 Å². The normalized spacial score (nSPS) is 14.4. The van der Waals surface area contributed by atoms with Crippen LogP contribution in [0, 0.1) is 5.92 Å². The maximum absolute atomic E-state index is 13.0. The molecule has 6 nitrogen and oxygen atoms in total. The Morgan fingerprint density at radius 2 is 1.89 bits per heavy atom. The van der Waals surface area contributed by atoms with Crippen LogP contribution in [-0.4, -0.2) is 32.4 Å². The zero-order chi connectivity index (χ0) is 18.5. The van der Waals surface area contributed by atoms with E-state index in [0.29, 0.717) is 5.92 Å². The van der Waals surface area contributed by atoms with Crippen molar-refractivity contribution in [3.63, 3.8) is 0 Å². The molecule has 1 aliphatic rings. The van der Waals surface area contributed by atoms with Crippen LogP contribution in [0.5, 0.6) is 0 Å². The fourth-order valence-corrected chi connectivity index (χ4v) is 3.71. The SMILES string of the molecule is O=C(Cn1ccnn1)N(CC1CCCC1)c1ccc(-c2cccnc2)cc1. The van der Waals surface area contributed by atoms with Crippen LogP contribution in [0.25, 0.3) is 11.1 Å². The maximum atomic E-state index is 13.0. The Morgan fingerprint density at radius 3 is 2.56 bits per heavy atom. The van der Waals surface area contributed by atoms with Gasteiger partial charge < -0.3 is 4.90 Å². The molecule has 0 bridgehead atoms. The molecule has 138 valence electrons. The van der Waals surface area contributed by atoms with E-state index in [1.807, 2.05) is 35.4 Å². The van der Waals surface area contributed by atoms with Gasteiger partial charge in [0.1, 0.15) is 6.54 Å². The van der Waals surface area contributed by atoms with Gasteiger partial charge in [0.15, 0.2) is 0 Å². The summed E-state index contributed by atoms with van der Waals surface area (Å²) in [5.74, 6) is 0.615. The molecule has 1 aliphatic carbocycles. The standard InChI is InChI=1S/C21H23N5O/c27-21(16-25-13-12-23-24-25)26(15-17-4-1-2-5-17)20-9-7-18(8-10-20)19-6-3-11-22-14-19/h3,6-14,17H,1-2,4-5,15-16H2. The summed E-state index contributed by atoms with van der Waals surface area (Å²) in [7, 11) is 0. The molecule has 1 aromatic carbocycles. The first-order valence-electron chi connectivity index (χ1n) is 9.44. The topological polar surface area (TPSA) is 63.9 Å². The first-order chi connectivity index (χ1) is 13.3. The Labute approximate surface area is 158 Å². The number of benzene rings is 1. The van der Waals surface area contributed by atoms with Crippen molar-refractivity contribution in [3.8, 4) is 11.1 Å². The lowest BCUT2D eigenvalue weighted by atomic mass is 10.1. The molecule has 0 atom stereocenters. The second kappa shape index (κ2) is 8.12. The quantitative estimate of drug-likeness (QED) is 0.673. The van der Waals surface area contributed by atoms with Crippen LogP contribution in [0.1, 0.15) is 25.7 Å². The summed E-state index contributed by atoms with van der Waals surface area (Å²) >= 11 is 0. The van der Waals surface area contributed by atoms with Crippen LogP contribution in [0.2, 0.25) is 0 Å². The van der Waals surface area contributed by atoms with E-state index < -0.39 is 0 Å². The van der Waals surface area contributed by atoms with Gasteiger partial charge in [-0.3, -0.25) is 9.78 Å². The van der Waals surface area contributed by atoms with Gasteiger partial charge in [-0.1, -0.05) is 36.3 Å². The highest BCUT2D eigenvalue weighted by molar-refractivity contribution is 5.93. The number of hydrogen-bond donors (Lipinski definition) is 0. The second-order valence-electron chi connectivity index (χ2n) is 7.04. The smallest absolute Gasteiger partial charge is 0.248 e. The number of carbonyl (C=O) groups is 1. The molecule has 0 saturated heterocycles. The third-order valence-electron chi connectivity index (χ3n) is 5.16. The summed E-state index contributed by atoms with van der Waals surface area (Å²) in [5.41, 5.74) is 3.09. The number of amides is 1. The van der Waals surface area contributed by atoms with Crippen molar-refractivity contribution in [1.82, 2.24) is 20.0 Å². The fourth-order valence-electron chi connectivity index (χ4n) is 3.71. The molecule has 1 amide bonds. The minimum atomic E-state index is 0.0431. The second-order valence-corrected chi connectivity index (χ2v) is 7.04. The lowest BCUT2D eigenvalue weighted by Crippen LogP contribution is -2.37. The number of pyridine rings is 1. The van der Waals surface area contributed by atoms with Crippen molar-refractivity contribution in [2.45, 2.75) is 32.2 Å². The number of aromatic nitrogens is 4. The monoisotopic (exact) mass is 361 g/mol. The lowest BCUT2D eigenvalue weighted by molar-refractivity contribution is -0.119. The molecule has 0 radical (unpaired) electrons. The van der Waals surface area contributed by atoms with Gasteiger partial charge in [-0.25, -0.2) is 4.68 Å². The molecule has 2 aromatic heterocycles. The van der Waals surface area contributed by atoms with Crippen molar-refractivity contribution in [3.05, 3.63) is 61.2 Å². The maximum Gasteiger partial charge on any atom is 0.248 e. The Kier molecular flexibility index (Phi) is 5.23. The van der Waals surface area contributed by atoms with Crippen LogP contribution in [0.4, 0.5) is 5.69 Å². The van der Waals surface area contributed by atoms with Crippen molar-refractivity contribution >= 4 is 11.6 Å². The third kappa shape index (κ3) is 4.22. The predicted octanol–water partition coefficient (Wildman–Crippen LogP) is 3.56. The van der Waals surface area contributed by atoms with E-state index in [2.05, 4.69) is 27.4 Å². The van der Waals surface area contributed by atoms with Crippen molar-refractivity contribution < 1.29 is 4.79 Å². The van der Waals surface area contributed by atoms with Gasteiger partial charge in [0.05, 0.1) is 6.20 Å². The number of rotatable bonds is 6.